The van der Waals surface area contributed by atoms with E-state index in [1.165, 1.54) is 0 Å². The highest BCUT2D eigenvalue weighted by atomic mass is 16.5. The van der Waals surface area contributed by atoms with Gasteiger partial charge in [-0.05, 0) is 25.5 Å². The summed E-state index contributed by atoms with van der Waals surface area (Å²) in [5.41, 5.74) is 0.964. The molecule has 1 aromatic rings. The maximum absolute atomic E-state index is 8.70. The van der Waals surface area contributed by atoms with Crippen molar-refractivity contribution in [2.45, 2.75) is 32.7 Å². The van der Waals surface area contributed by atoms with Gasteiger partial charge in [0.15, 0.2) is 0 Å². The minimum atomic E-state index is 0.187. The van der Waals surface area contributed by atoms with Crippen LogP contribution in [0.3, 0.4) is 0 Å². The van der Waals surface area contributed by atoms with Crippen LogP contribution in [-0.2, 0) is 0 Å². The van der Waals surface area contributed by atoms with Crippen molar-refractivity contribution < 1.29 is 4.74 Å². The second-order valence-corrected chi connectivity index (χ2v) is 3.54. The van der Waals surface area contributed by atoms with Gasteiger partial charge in [-0.25, -0.2) is 0 Å². The van der Waals surface area contributed by atoms with Crippen LogP contribution < -0.4 is 10.1 Å². The first-order valence-electron chi connectivity index (χ1n) is 5.67. The van der Waals surface area contributed by atoms with Gasteiger partial charge in [-0.1, -0.05) is 19.1 Å². The molecule has 0 aliphatic rings. The fourth-order valence-electron chi connectivity index (χ4n) is 1.49. The molecule has 1 rings (SSSR count). The van der Waals surface area contributed by atoms with E-state index in [1.54, 1.807) is 0 Å². The Bertz CT molecular complexity index is 357. The number of anilines is 1. The van der Waals surface area contributed by atoms with E-state index in [-0.39, 0.29) is 6.04 Å². The molecule has 16 heavy (non-hydrogen) atoms. The third kappa shape index (κ3) is 3.47. The molecule has 0 saturated carbocycles. The molecule has 0 heterocycles. The molecule has 0 spiro atoms. The Morgan fingerprint density at radius 1 is 1.38 bits per heavy atom. The topological polar surface area (TPSA) is 45.0 Å². The zero-order chi connectivity index (χ0) is 11.8. The second kappa shape index (κ2) is 6.73. The highest BCUT2D eigenvalue weighted by Crippen LogP contribution is 2.25. The Kier molecular flexibility index (Phi) is 5.21. The number of hydrogen-bond donors (Lipinski definition) is 1. The minimum Gasteiger partial charge on any atom is -0.492 e. The lowest BCUT2D eigenvalue weighted by atomic mass is 10.1. The van der Waals surface area contributed by atoms with Gasteiger partial charge in [0.05, 0.1) is 24.8 Å². The summed E-state index contributed by atoms with van der Waals surface area (Å²) < 4.78 is 5.52. The van der Waals surface area contributed by atoms with Crippen LogP contribution in [0.2, 0.25) is 0 Å². The summed E-state index contributed by atoms with van der Waals surface area (Å²) in [5, 5.41) is 12.0. The molecule has 0 saturated heterocycles. The molecule has 0 aliphatic carbocycles. The number of para-hydroxylation sites is 2. The fourth-order valence-corrected chi connectivity index (χ4v) is 1.49. The number of nitriles is 1. The molecule has 0 fully saturated rings. The Morgan fingerprint density at radius 2 is 2.12 bits per heavy atom. The van der Waals surface area contributed by atoms with Crippen LogP contribution in [0.5, 0.6) is 5.75 Å². The summed E-state index contributed by atoms with van der Waals surface area (Å²) >= 11 is 0. The van der Waals surface area contributed by atoms with Gasteiger partial charge < -0.3 is 10.1 Å². The van der Waals surface area contributed by atoms with E-state index in [1.807, 2.05) is 31.2 Å². The molecule has 1 N–H and O–H groups in total. The number of rotatable bonds is 6. The largest absolute Gasteiger partial charge is 0.492 e. The quantitative estimate of drug-likeness (QED) is 0.797. The van der Waals surface area contributed by atoms with Crippen molar-refractivity contribution in [1.29, 1.82) is 5.26 Å². The molecule has 1 aromatic carbocycles. The summed E-state index contributed by atoms with van der Waals surface area (Å²) in [5.74, 6) is 0.849. The predicted octanol–water partition coefficient (Wildman–Crippen LogP) is 3.19. The van der Waals surface area contributed by atoms with Crippen LogP contribution >= 0.6 is 0 Å². The van der Waals surface area contributed by atoms with Crippen molar-refractivity contribution >= 4 is 5.69 Å². The van der Waals surface area contributed by atoms with Crippen molar-refractivity contribution in [3.63, 3.8) is 0 Å². The first kappa shape index (κ1) is 12.4. The van der Waals surface area contributed by atoms with Gasteiger partial charge in [-0.2, -0.15) is 5.26 Å². The molecular weight excluding hydrogens is 200 g/mol. The van der Waals surface area contributed by atoms with Crippen molar-refractivity contribution in [1.82, 2.24) is 0 Å². The average Bonchev–Trinajstić information content (AvgIpc) is 2.31. The summed E-state index contributed by atoms with van der Waals surface area (Å²) in [6, 6.07) is 10.2. The lowest BCUT2D eigenvalue weighted by Gasteiger charge is -2.17. The SMILES string of the molecule is CCOc1ccccc1NC(CC)CC#N. The third-order valence-corrected chi connectivity index (χ3v) is 2.38. The van der Waals surface area contributed by atoms with Crippen LogP contribution in [0.25, 0.3) is 0 Å². The highest BCUT2D eigenvalue weighted by molar-refractivity contribution is 5.56. The zero-order valence-corrected chi connectivity index (χ0v) is 9.86. The lowest BCUT2D eigenvalue weighted by molar-refractivity contribution is 0.341. The monoisotopic (exact) mass is 218 g/mol. The van der Waals surface area contributed by atoms with Crippen LogP contribution in [0.4, 0.5) is 5.69 Å². The first-order valence-corrected chi connectivity index (χ1v) is 5.67. The molecular formula is C13H18N2O. The first-order chi connectivity index (χ1) is 7.81. The Morgan fingerprint density at radius 3 is 2.75 bits per heavy atom. The fraction of sp³-hybridized carbons (Fsp3) is 0.462. The van der Waals surface area contributed by atoms with Crippen molar-refractivity contribution in [2.75, 3.05) is 11.9 Å². The van der Waals surface area contributed by atoms with Crippen LogP contribution in [0.1, 0.15) is 26.7 Å². The number of hydrogen-bond acceptors (Lipinski definition) is 3. The maximum atomic E-state index is 8.70. The van der Waals surface area contributed by atoms with Gasteiger partial charge >= 0.3 is 0 Å². The minimum absolute atomic E-state index is 0.187. The number of nitrogens with one attached hydrogen (secondary N) is 1. The van der Waals surface area contributed by atoms with E-state index in [2.05, 4.69) is 18.3 Å². The third-order valence-electron chi connectivity index (χ3n) is 2.38. The molecule has 0 bridgehead atoms. The second-order valence-electron chi connectivity index (χ2n) is 3.54. The summed E-state index contributed by atoms with van der Waals surface area (Å²) in [4.78, 5) is 0. The van der Waals surface area contributed by atoms with Gasteiger partial charge in [-0.3, -0.25) is 0 Å². The van der Waals surface area contributed by atoms with E-state index in [0.717, 1.165) is 17.9 Å². The van der Waals surface area contributed by atoms with Crippen molar-refractivity contribution in [3.8, 4) is 11.8 Å². The molecule has 3 nitrogen and oxygen atoms in total. The molecule has 0 radical (unpaired) electrons. The zero-order valence-electron chi connectivity index (χ0n) is 9.86. The summed E-state index contributed by atoms with van der Waals surface area (Å²) in [6.07, 6.45) is 1.44. The smallest absolute Gasteiger partial charge is 0.142 e. The van der Waals surface area contributed by atoms with Gasteiger partial charge in [-0.15, -0.1) is 0 Å². The van der Waals surface area contributed by atoms with Crippen molar-refractivity contribution in [2.24, 2.45) is 0 Å². The Labute approximate surface area is 97.0 Å². The van der Waals surface area contributed by atoms with Gasteiger partial charge in [0.2, 0.25) is 0 Å². The maximum Gasteiger partial charge on any atom is 0.142 e. The van der Waals surface area contributed by atoms with Gasteiger partial charge in [0, 0.05) is 6.04 Å². The van der Waals surface area contributed by atoms with Gasteiger partial charge in [0.25, 0.3) is 0 Å². The van der Waals surface area contributed by atoms with Crippen molar-refractivity contribution in [3.05, 3.63) is 24.3 Å². The average molecular weight is 218 g/mol. The summed E-state index contributed by atoms with van der Waals surface area (Å²) in [6.45, 7) is 4.68. The van der Waals surface area contributed by atoms with E-state index in [0.29, 0.717) is 13.0 Å². The molecule has 0 aliphatic heterocycles. The Balaban J connectivity index is 2.74. The molecule has 86 valence electrons. The number of ether oxygens (including phenoxy) is 1. The predicted molar refractivity (Wildman–Crippen MR) is 65.5 cm³/mol. The van der Waals surface area contributed by atoms with Gasteiger partial charge in [0.1, 0.15) is 5.75 Å². The molecule has 1 atom stereocenters. The van der Waals surface area contributed by atoms with E-state index in [4.69, 9.17) is 10.00 Å². The van der Waals surface area contributed by atoms with Crippen LogP contribution in [0, 0.1) is 11.3 Å². The molecule has 0 aromatic heterocycles. The van der Waals surface area contributed by atoms with E-state index >= 15 is 0 Å². The normalized spacial score (nSPS) is 11.6. The lowest BCUT2D eigenvalue weighted by Crippen LogP contribution is -2.18. The number of benzene rings is 1. The number of nitrogens with zero attached hydrogens (tertiary/aromatic N) is 1. The standard InChI is InChI=1S/C13H18N2O/c1-3-11(9-10-14)15-12-7-5-6-8-13(12)16-4-2/h5-8,11,15H,3-4,9H2,1-2H3. The molecule has 1 unspecified atom stereocenters. The van der Waals surface area contributed by atoms with Crippen LogP contribution in [0.15, 0.2) is 24.3 Å². The summed E-state index contributed by atoms with van der Waals surface area (Å²) in [7, 11) is 0. The van der Waals surface area contributed by atoms with E-state index < -0.39 is 0 Å². The van der Waals surface area contributed by atoms with Crippen LogP contribution in [-0.4, -0.2) is 12.6 Å². The van der Waals surface area contributed by atoms with E-state index in [9.17, 15) is 0 Å². The molecule has 3 heteroatoms. The molecule has 0 amide bonds. The highest BCUT2D eigenvalue weighted by Gasteiger charge is 2.08. The Hall–Kier alpha value is -1.69.